The SMILES string of the molecule is NC(=O)C1(C(=O)N2CCC[C@H]2C(=O)Nc2ccc(C=Cc3ccc(NC(=O)[C@@H]4CCCN4C(=O)C4(C(N)=O)CC4)cc3)cc2)CC1. The second-order valence-electron chi connectivity index (χ2n) is 12.8. The molecule has 240 valence electrons. The standard InChI is InChI=1S/C34H38N6O6/c35-29(43)33(15-16-33)31(45)39-19-1-3-25(39)27(41)37-23-11-7-21(8-12-23)5-6-22-9-13-24(14-10-22)38-28(42)26-4-2-20-40(26)32(46)34(17-18-34)30(36)44/h5-14,25-26H,1-4,15-20H2,(H2,35,43)(H2,36,44)(H,37,41)(H,38,42)/t25-,26-/m0/s1. The van der Waals surface area contributed by atoms with E-state index >= 15 is 0 Å². The summed E-state index contributed by atoms with van der Waals surface area (Å²) >= 11 is 0. The van der Waals surface area contributed by atoms with Crippen LogP contribution in [0.15, 0.2) is 48.5 Å². The lowest BCUT2D eigenvalue weighted by Gasteiger charge is -2.27. The first kappa shape index (κ1) is 31.0. The number of hydrogen-bond acceptors (Lipinski definition) is 6. The van der Waals surface area contributed by atoms with Crippen molar-refractivity contribution in [3.05, 3.63) is 59.7 Å². The molecule has 12 nitrogen and oxygen atoms in total. The van der Waals surface area contributed by atoms with Crippen LogP contribution in [0, 0.1) is 10.8 Å². The van der Waals surface area contributed by atoms with Crippen LogP contribution in [-0.4, -0.2) is 70.4 Å². The van der Waals surface area contributed by atoms with Crippen LogP contribution in [0.5, 0.6) is 0 Å². The van der Waals surface area contributed by atoms with Crippen LogP contribution in [0.4, 0.5) is 11.4 Å². The minimum atomic E-state index is -1.14. The van der Waals surface area contributed by atoms with Crippen LogP contribution in [-0.2, 0) is 28.8 Å². The molecule has 2 atom stereocenters. The number of nitrogens with two attached hydrogens (primary N) is 2. The maximum atomic E-state index is 13.0. The van der Waals surface area contributed by atoms with Crippen LogP contribution in [0.1, 0.15) is 62.5 Å². The molecular formula is C34H38N6O6. The Balaban J connectivity index is 1.01. The van der Waals surface area contributed by atoms with Gasteiger partial charge in [-0.1, -0.05) is 36.4 Å². The molecule has 0 aromatic heterocycles. The summed E-state index contributed by atoms with van der Waals surface area (Å²) in [5.74, 6) is -2.49. The average Bonchev–Trinajstić information content (AvgIpc) is 3.93. The second-order valence-corrected chi connectivity index (χ2v) is 12.8. The number of anilines is 2. The second kappa shape index (κ2) is 12.1. The van der Waals surface area contributed by atoms with E-state index in [2.05, 4.69) is 10.6 Å². The van der Waals surface area contributed by atoms with Crippen molar-refractivity contribution >= 4 is 59.0 Å². The van der Waals surface area contributed by atoms with Gasteiger partial charge in [-0.2, -0.15) is 0 Å². The lowest BCUT2D eigenvalue weighted by molar-refractivity contribution is -0.146. The average molecular weight is 627 g/mol. The predicted octanol–water partition coefficient (Wildman–Crippen LogP) is 2.25. The van der Waals surface area contributed by atoms with Crippen LogP contribution >= 0.6 is 0 Å². The third kappa shape index (κ3) is 5.86. The highest BCUT2D eigenvalue weighted by Crippen LogP contribution is 2.49. The third-order valence-electron chi connectivity index (χ3n) is 9.72. The zero-order chi connectivity index (χ0) is 32.6. The number of amides is 6. The predicted molar refractivity (Wildman–Crippen MR) is 170 cm³/mol. The van der Waals surface area contributed by atoms with Gasteiger partial charge in [-0.15, -0.1) is 0 Å². The molecule has 6 amide bonds. The fraction of sp³-hybridized carbons (Fsp3) is 0.412. The van der Waals surface area contributed by atoms with Crippen molar-refractivity contribution in [2.24, 2.45) is 22.3 Å². The minimum absolute atomic E-state index is 0.286. The van der Waals surface area contributed by atoms with Crippen molar-refractivity contribution in [1.29, 1.82) is 0 Å². The highest BCUT2D eigenvalue weighted by Gasteiger charge is 2.59. The number of likely N-dealkylation sites (tertiary alicyclic amines) is 2. The Morgan fingerprint density at radius 2 is 0.957 bits per heavy atom. The molecule has 0 unspecified atom stereocenters. The van der Waals surface area contributed by atoms with Gasteiger partial charge < -0.3 is 31.9 Å². The molecular weight excluding hydrogens is 588 g/mol. The molecule has 2 aliphatic heterocycles. The molecule has 2 heterocycles. The normalized spacial score (nSPS) is 22.3. The summed E-state index contributed by atoms with van der Waals surface area (Å²) in [7, 11) is 0. The van der Waals surface area contributed by atoms with Gasteiger partial charge >= 0.3 is 0 Å². The Labute approximate surface area is 266 Å². The molecule has 2 saturated heterocycles. The van der Waals surface area contributed by atoms with Crippen molar-refractivity contribution < 1.29 is 28.8 Å². The molecule has 6 rings (SSSR count). The number of carbonyl (C=O) groups is 6. The lowest BCUT2D eigenvalue weighted by atomic mass is 10.0. The van der Waals surface area contributed by atoms with Gasteiger partial charge in [-0.05, 0) is 86.8 Å². The largest absolute Gasteiger partial charge is 0.369 e. The number of carbonyl (C=O) groups excluding carboxylic acids is 6. The van der Waals surface area contributed by atoms with E-state index in [9.17, 15) is 28.8 Å². The van der Waals surface area contributed by atoms with Crippen molar-refractivity contribution in [1.82, 2.24) is 9.80 Å². The van der Waals surface area contributed by atoms with Gasteiger partial charge in [0.2, 0.25) is 35.4 Å². The van der Waals surface area contributed by atoms with Gasteiger partial charge in [0.15, 0.2) is 0 Å². The molecule has 0 bridgehead atoms. The molecule has 0 spiro atoms. The molecule has 2 saturated carbocycles. The van der Waals surface area contributed by atoms with Crippen LogP contribution in [0.25, 0.3) is 12.2 Å². The first-order chi connectivity index (χ1) is 22.0. The minimum Gasteiger partial charge on any atom is -0.369 e. The quantitative estimate of drug-likeness (QED) is 0.231. The Morgan fingerprint density at radius 3 is 1.26 bits per heavy atom. The molecule has 2 aromatic carbocycles. The molecule has 6 N–H and O–H groups in total. The monoisotopic (exact) mass is 626 g/mol. The van der Waals surface area contributed by atoms with Crippen LogP contribution < -0.4 is 22.1 Å². The summed E-state index contributed by atoms with van der Waals surface area (Å²) in [6, 6.07) is 13.3. The molecule has 2 aromatic rings. The zero-order valence-corrected chi connectivity index (χ0v) is 25.5. The van der Waals surface area contributed by atoms with E-state index < -0.39 is 34.7 Å². The topological polar surface area (TPSA) is 185 Å². The number of benzene rings is 2. The Kier molecular flexibility index (Phi) is 8.13. The first-order valence-corrected chi connectivity index (χ1v) is 15.8. The van der Waals surface area contributed by atoms with Gasteiger partial charge in [-0.25, -0.2) is 0 Å². The summed E-state index contributed by atoms with van der Waals surface area (Å²) in [6.45, 7) is 0.865. The Morgan fingerprint density at radius 1 is 0.609 bits per heavy atom. The van der Waals surface area contributed by atoms with Gasteiger partial charge in [0.1, 0.15) is 22.9 Å². The van der Waals surface area contributed by atoms with Gasteiger partial charge in [-0.3, -0.25) is 28.8 Å². The van der Waals surface area contributed by atoms with Gasteiger partial charge in [0.05, 0.1) is 0 Å². The lowest BCUT2D eigenvalue weighted by Crippen LogP contribution is -2.49. The van der Waals surface area contributed by atoms with E-state index in [1.807, 2.05) is 36.4 Å². The fourth-order valence-electron chi connectivity index (χ4n) is 6.49. The molecule has 2 aliphatic carbocycles. The first-order valence-electron chi connectivity index (χ1n) is 15.8. The Bertz CT molecular complexity index is 1490. The summed E-state index contributed by atoms with van der Waals surface area (Å²) < 4.78 is 0. The number of nitrogens with one attached hydrogen (secondary N) is 2. The number of hydrogen-bond donors (Lipinski definition) is 4. The van der Waals surface area contributed by atoms with Gasteiger partial charge in [0.25, 0.3) is 0 Å². The smallest absolute Gasteiger partial charge is 0.247 e. The highest BCUT2D eigenvalue weighted by molar-refractivity contribution is 6.10. The van der Waals surface area contributed by atoms with Crippen molar-refractivity contribution in [3.8, 4) is 0 Å². The molecule has 4 aliphatic rings. The summed E-state index contributed by atoms with van der Waals surface area (Å²) in [5.41, 5.74) is 11.7. The fourth-order valence-corrected chi connectivity index (χ4v) is 6.49. The number of primary amides is 2. The summed E-state index contributed by atoms with van der Waals surface area (Å²) in [5, 5.41) is 5.77. The zero-order valence-electron chi connectivity index (χ0n) is 25.5. The summed E-state index contributed by atoms with van der Waals surface area (Å²) in [4.78, 5) is 78.7. The van der Waals surface area contributed by atoms with Crippen LogP contribution in [0.3, 0.4) is 0 Å². The van der Waals surface area contributed by atoms with E-state index in [4.69, 9.17) is 11.5 Å². The maximum absolute atomic E-state index is 13.0. The van der Waals surface area contributed by atoms with E-state index in [0.29, 0.717) is 75.8 Å². The van der Waals surface area contributed by atoms with Gasteiger partial charge in [0, 0.05) is 24.5 Å². The van der Waals surface area contributed by atoms with Crippen molar-refractivity contribution in [2.75, 3.05) is 23.7 Å². The molecule has 0 radical (unpaired) electrons. The summed E-state index contributed by atoms with van der Waals surface area (Å²) in [6.07, 6.45) is 8.03. The van der Waals surface area contributed by atoms with E-state index in [-0.39, 0.29) is 23.6 Å². The van der Waals surface area contributed by atoms with E-state index in [1.54, 1.807) is 24.3 Å². The molecule has 46 heavy (non-hydrogen) atoms. The van der Waals surface area contributed by atoms with E-state index in [1.165, 1.54) is 9.80 Å². The highest BCUT2D eigenvalue weighted by atomic mass is 16.2. The van der Waals surface area contributed by atoms with Crippen LogP contribution in [0.2, 0.25) is 0 Å². The molecule has 12 heteroatoms. The Hall–Kier alpha value is -5.00. The molecule has 4 fully saturated rings. The number of rotatable bonds is 10. The number of nitrogens with zero attached hydrogens (tertiary/aromatic N) is 2. The maximum Gasteiger partial charge on any atom is 0.247 e. The third-order valence-corrected chi connectivity index (χ3v) is 9.72. The van der Waals surface area contributed by atoms with Crippen molar-refractivity contribution in [3.63, 3.8) is 0 Å². The van der Waals surface area contributed by atoms with E-state index in [0.717, 1.165) is 11.1 Å². The van der Waals surface area contributed by atoms with Crippen molar-refractivity contribution in [2.45, 2.75) is 63.5 Å².